The summed E-state index contributed by atoms with van der Waals surface area (Å²) in [6.45, 7) is 2.49. The fourth-order valence-electron chi connectivity index (χ4n) is 2.42. The van der Waals surface area contributed by atoms with Gasteiger partial charge in [-0.3, -0.25) is 9.69 Å². The largest absolute Gasteiger partial charge is 0.494 e. The van der Waals surface area contributed by atoms with Gasteiger partial charge in [0.05, 0.1) is 12.3 Å². The van der Waals surface area contributed by atoms with Gasteiger partial charge < -0.3 is 10.1 Å². The highest BCUT2D eigenvalue weighted by Crippen LogP contribution is 2.29. The second-order valence-corrected chi connectivity index (χ2v) is 6.39. The van der Waals surface area contributed by atoms with Gasteiger partial charge in [-0.2, -0.15) is 0 Å². The highest BCUT2D eigenvalue weighted by Gasteiger charge is 2.32. The van der Waals surface area contributed by atoms with Crippen LogP contribution in [0, 0.1) is 0 Å². The molecule has 0 aliphatic carbocycles. The second kappa shape index (κ2) is 7.44. The van der Waals surface area contributed by atoms with Gasteiger partial charge >= 0.3 is 0 Å². The van der Waals surface area contributed by atoms with E-state index >= 15 is 0 Å². The minimum atomic E-state index is -0.273. The summed E-state index contributed by atoms with van der Waals surface area (Å²) in [7, 11) is 0. The minimum absolute atomic E-state index is 0.273. The summed E-state index contributed by atoms with van der Waals surface area (Å²) in [5, 5.41) is 4.13. The molecule has 0 aromatic heterocycles. The summed E-state index contributed by atoms with van der Waals surface area (Å²) in [6.07, 6.45) is 1.61. The Labute approximate surface area is 161 Å². The molecular weight excluding hydrogens is 379 g/mol. The number of benzene rings is 2. The summed E-state index contributed by atoms with van der Waals surface area (Å²) >= 11 is 17.6. The van der Waals surface area contributed by atoms with Crippen LogP contribution in [0.2, 0.25) is 10.0 Å². The molecule has 1 N–H and O–H groups in total. The monoisotopic (exact) mass is 392 g/mol. The third-order valence-electron chi connectivity index (χ3n) is 3.57. The Balaban J connectivity index is 1.91. The molecule has 3 rings (SSSR count). The van der Waals surface area contributed by atoms with Crippen LogP contribution in [0.3, 0.4) is 0 Å². The third-order valence-corrected chi connectivity index (χ3v) is 4.52. The maximum absolute atomic E-state index is 12.7. The highest BCUT2D eigenvalue weighted by molar-refractivity contribution is 7.80. The van der Waals surface area contributed by atoms with Gasteiger partial charge in [-0.1, -0.05) is 29.3 Å². The van der Waals surface area contributed by atoms with E-state index in [4.69, 9.17) is 40.2 Å². The first kappa shape index (κ1) is 17.7. The summed E-state index contributed by atoms with van der Waals surface area (Å²) in [6, 6.07) is 12.3. The summed E-state index contributed by atoms with van der Waals surface area (Å²) in [4.78, 5) is 14.2. The van der Waals surface area contributed by atoms with Gasteiger partial charge in [-0.15, -0.1) is 0 Å². The Morgan fingerprint density at radius 3 is 2.40 bits per heavy atom. The average Bonchev–Trinajstić information content (AvgIpc) is 2.86. The maximum atomic E-state index is 12.7. The van der Waals surface area contributed by atoms with Crippen LogP contribution in [0.15, 0.2) is 48.2 Å². The SMILES string of the molecule is CCOc1ccc(N2C(=O)/C(=C\c3c(Cl)cccc3Cl)NC2=S)cc1. The van der Waals surface area contributed by atoms with Crippen LogP contribution in [0.25, 0.3) is 6.08 Å². The number of anilines is 1. The lowest BCUT2D eigenvalue weighted by molar-refractivity contribution is -0.113. The molecule has 25 heavy (non-hydrogen) atoms. The molecule has 0 radical (unpaired) electrons. The van der Waals surface area contributed by atoms with E-state index in [-0.39, 0.29) is 5.91 Å². The highest BCUT2D eigenvalue weighted by atomic mass is 35.5. The van der Waals surface area contributed by atoms with Crippen LogP contribution in [0.5, 0.6) is 5.75 Å². The lowest BCUT2D eigenvalue weighted by Crippen LogP contribution is -2.30. The van der Waals surface area contributed by atoms with Gasteiger partial charge in [0.25, 0.3) is 5.91 Å². The number of nitrogens with zero attached hydrogens (tertiary/aromatic N) is 1. The zero-order valence-corrected chi connectivity index (χ0v) is 15.6. The van der Waals surface area contributed by atoms with Crippen molar-refractivity contribution in [3.63, 3.8) is 0 Å². The van der Waals surface area contributed by atoms with Crippen LogP contribution in [0.1, 0.15) is 12.5 Å². The fraction of sp³-hybridized carbons (Fsp3) is 0.111. The number of rotatable bonds is 4. The molecule has 1 heterocycles. The van der Waals surface area contributed by atoms with Crippen LogP contribution in [-0.2, 0) is 4.79 Å². The molecule has 0 saturated carbocycles. The zero-order chi connectivity index (χ0) is 18.0. The van der Waals surface area contributed by atoms with Gasteiger partial charge in [-0.25, -0.2) is 0 Å². The quantitative estimate of drug-likeness (QED) is 0.606. The second-order valence-electron chi connectivity index (χ2n) is 5.19. The van der Waals surface area contributed by atoms with E-state index in [9.17, 15) is 4.79 Å². The molecule has 128 valence electrons. The number of halogens is 2. The fourth-order valence-corrected chi connectivity index (χ4v) is 3.23. The molecule has 0 bridgehead atoms. The van der Waals surface area contributed by atoms with Crippen LogP contribution in [0.4, 0.5) is 5.69 Å². The molecule has 7 heteroatoms. The molecular formula is C18H14Cl2N2O2S. The molecule has 1 saturated heterocycles. The van der Waals surface area contributed by atoms with Crippen molar-refractivity contribution in [1.82, 2.24) is 5.32 Å². The molecule has 4 nitrogen and oxygen atoms in total. The predicted octanol–water partition coefficient (Wildman–Crippen LogP) is 4.65. The van der Waals surface area contributed by atoms with Crippen molar-refractivity contribution < 1.29 is 9.53 Å². The minimum Gasteiger partial charge on any atom is -0.494 e. The summed E-state index contributed by atoms with van der Waals surface area (Å²) < 4.78 is 5.41. The molecule has 2 aromatic rings. The van der Waals surface area contributed by atoms with Crippen molar-refractivity contribution in [1.29, 1.82) is 0 Å². The first-order valence-corrected chi connectivity index (χ1v) is 8.71. The lowest BCUT2D eigenvalue weighted by atomic mass is 10.2. The van der Waals surface area contributed by atoms with Crippen molar-refractivity contribution in [3.8, 4) is 5.75 Å². The molecule has 1 fully saturated rings. The smallest absolute Gasteiger partial charge is 0.281 e. The Morgan fingerprint density at radius 2 is 1.80 bits per heavy atom. The third kappa shape index (κ3) is 3.63. The number of nitrogens with one attached hydrogen (secondary N) is 1. The van der Waals surface area contributed by atoms with Gasteiger partial charge in [0.15, 0.2) is 5.11 Å². The Hall–Kier alpha value is -2.08. The number of hydrogen-bond acceptors (Lipinski definition) is 3. The van der Waals surface area contributed by atoms with E-state index in [1.54, 1.807) is 48.5 Å². The zero-order valence-electron chi connectivity index (χ0n) is 13.3. The van der Waals surface area contributed by atoms with E-state index in [1.165, 1.54) is 4.90 Å². The van der Waals surface area contributed by atoms with E-state index in [1.807, 2.05) is 6.92 Å². The molecule has 2 aromatic carbocycles. The molecule has 0 atom stereocenters. The Morgan fingerprint density at radius 1 is 1.16 bits per heavy atom. The predicted molar refractivity (Wildman–Crippen MR) is 105 cm³/mol. The van der Waals surface area contributed by atoms with Gasteiger partial charge in [0, 0.05) is 15.6 Å². The topological polar surface area (TPSA) is 41.6 Å². The number of hydrogen-bond donors (Lipinski definition) is 1. The lowest BCUT2D eigenvalue weighted by Gasteiger charge is -2.14. The van der Waals surface area contributed by atoms with Crippen LogP contribution in [-0.4, -0.2) is 17.6 Å². The van der Waals surface area contributed by atoms with E-state index < -0.39 is 0 Å². The van der Waals surface area contributed by atoms with Crippen molar-refractivity contribution in [2.24, 2.45) is 0 Å². The number of amides is 1. The van der Waals surface area contributed by atoms with Crippen molar-refractivity contribution >= 4 is 58.2 Å². The van der Waals surface area contributed by atoms with Gasteiger partial charge in [-0.05, 0) is 61.6 Å². The van der Waals surface area contributed by atoms with Crippen molar-refractivity contribution in [2.45, 2.75) is 6.92 Å². The van der Waals surface area contributed by atoms with Crippen molar-refractivity contribution in [2.75, 3.05) is 11.5 Å². The normalized spacial score (nSPS) is 15.6. The number of carbonyl (C=O) groups is 1. The molecule has 1 aliphatic heterocycles. The molecule has 0 unspecified atom stereocenters. The molecule has 0 spiro atoms. The van der Waals surface area contributed by atoms with Crippen molar-refractivity contribution in [3.05, 3.63) is 63.8 Å². The maximum Gasteiger partial charge on any atom is 0.281 e. The van der Waals surface area contributed by atoms with Gasteiger partial charge in [0.2, 0.25) is 0 Å². The summed E-state index contributed by atoms with van der Waals surface area (Å²) in [5.41, 5.74) is 1.53. The number of carbonyl (C=O) groups excluding carboxylic acids is 1. The summed E-state index contributed by atoms with van der Waals surface area (Å²) in [5.74, 6) is 0.459. The van der Waals surface area contributed by atoms with Crippen LogP contribution < -0.4 is 15.0 Å². The first-order chi connectivity index (χ1) is 12.0. The van der Waals surface area contributed by atoms with E-state index in [0.717, 1.165) is 5.75 Å². The Bertz CT molecular complexity index is 846. The van der Waals surface area contributed by atoms with Gasteiger partial charge in [0.1, 0.15) is 11.4 Å². The number of ether oxygens (including phenoxy) is 1. The number of thiocarbonyl (C=S) groups is 1. The molecule has 1 amide bonds. The first-order valence-electron chi connectivity index (χ1n) is 7.55. The standard InChI is InChI=1S/C18H14Cl2N2O2S/c1-2-24-12-8-6-11(7-9-12)22-17(23)16(21-18(22)25)10-13-14(19)4-3-5-15(13)20/h3-10H,2H2,1H3,(H,21,25)/b16-10+. The van der Waals surface area contributed by atoms with E-state index in [0.29, 0.717) is 38.7 Å². The average molecular weight is 393 g/mol. The Kier molecular flexibility index (Phi) is 5.27. The van der Waals surface area contributed by atoms with Crippen LogP contribution >= 0.6 is 35.4 Å². The molecule has 1 aliphatic rings. The van der Waals surface area contributed by atoms with E-state index in [2.05, 4.69) is 5.32 Å².